The van der Waals surface area contributed by atoms with Crippen LogP contribution in [0.4, 0.5) is 0 Å². The molecule has 0 spiro atoms. The molecule has 0 fully saturated rings. The number of hydrogen-bond acceptors (Lipinski definition) is 3. The normalized spacial score (nSPS) is 10.8. The van der Waals surface area contributed by atoms with Crippen LogP contribution in [0.3, 0.4) is 0 Å². The Morgan fingerprint density at radius 1 is 0.594 bits per heavy atom. The quantitative estimate of drug-likeness (QED) is 0.105. The van der Waals surface area contributed by atoms with E-state index in [4.69, 9.17) is 4.74 Å². The van der Waals surface area contributed by atoms with Crippen LogP contribution in [0.2, 0.25) is 0 Å². The van der Waals surface area contributed by atoms with Crippen molar-refractivity contribution in [2.24, 2.45) is 0 Å². The summed E-state index contributed by atoms with van der Waals surface area (Å²) in [4.78, 5) is 2.17. The van der Waals surface area contributed by atoms with Gasteiger partial charge in [-0.3, -0.25) is 0 Å². The predicted octanol–water partition coefficient (Wildman–Crippen LogP) is 9.31. The molecule has 0 aromatic rings. The molecule has 0 radical (unpaired) electrons. The average molecular weight is 451 g/mol. The molecule has 0 saturated carbocycles. The van der Waals surface area contributed by atoms with Gasteiger partial charge in [0, 0.05) is 13.1 Å². The Balaban J connectivity index is 4.14. The van der Waals surface area contributed by atoms with Crippen LogP contribution in [-0.4, -0.2) is 24.6 Å². The second-order valence-electron chi connectivity index (χ2n) is 9.42. The number of hydrogen-bond donors (Lipinski definition) is 1. The van der Waals surface area contributed by atoms with Crippen LogP contribution in [0.15, 0.2) is 24.9 Å². The third kappa shape index (κ3) is 19.6. The lowest BCUT2D eigenvalue weighted by atomic mass is 10.1. The van der Waals surface area contributed by atoms with Crippen LogP contribution < -0.4 is 5.32 Å². The third-order valence-electron chi connectivity index (χ3n) is 6.24. The van der Waals surface area contributed by atoms with Gasteiger partial charge in [-0.05, 0) is 25.8 Å². The zero-order chi connectivity index (χ0) is 23.7. The first-order chi connectivity index (χ1) is 15.7. The van der Waals surface area contributed by atoms with Gasteiger partial charge in [-0.2, -0.15) is 0 Å². The van der Waals surface area contributed by atoms with Crippen molar-refractivity contribution < 1.29 is 4.74 Å². The molecule has 0 amide bonds. The monoisotopic (exact) mass is 450 g/mol. The molecule has 0 saturated heterocycles. The Kier molecular flexibility index (Phi) is 23.7. The first-order valence-electron chi connectivity index (χ1n) is 14.2. The Bertz CT molecular complexity index is 421. The van der Waals surface area contributed by atoms with E-state index >= 15 is 0 Å². The van der Waals surface area contributed by atoms with Crippen molar-refractivity contribution in [3.8, 4) is 0 Å². The van der Waals surface area contributed by atoms with E-state index in [9.17, 15) is 0 Å². The average Bonchev–Trinajstić information content (AvgIpc) is 2.79. The van der Waals surface area contributed by atoms with Crippen molar-refractivity contribution in [2.45, 2.75) is 143 Å². The van der Waals surface area contributed by atoms with Gasteiger partial charge in [0.25, 0.3) is 0 Å². The van der Waals surface area contributed by atoms with Gasteiger partial charge >= 0.3 is 0 Å². The standard InChI is InChI=1S/C29H58N2O/c1-6-9-12-15-16-17-18-21-24-27-32-29(5)31(26-23-20-14-11-8-3)28(4)30-25-22-19-13-10-7-2/h30H,4-27H2,1-3H3. The van der Waals surface area contributed by atoms with Gasteiger partial charge in [-0.15, -0.1) is 0 Å². The van der Waals surface area contributed by atoms with Crippen molar-refractivity contribution >= 4 is 0 Å². The van der Waals surface area contributed by atoms with Crippen molar-refractivity contribution in [3.05, 3.63) is 24.9 Å². The van der Waals surface area contributed by atoms with E-state index in [1.807, 2.05) is 0 Å². The van der Waals surface area contributed by atoms with Crippen LogP contribution in [0, 0.1) is 0 Å². The van der Waals surface area contributed by atoms with E-state index in [1.165, 1.54) is 109 Å². The van der Waals surface area contributed by atoms with E-state index in [1.54, 1.807) is 0 Å². The van der Waals surface area contributed by atoms with E-state index in [2.05, 4.69) is 44.1 Å². The molecule has 0 bridgehead atoms. The van der Waals surface area contributed by atoms with Crippen LogP contribution >= 0.6 is 0 Å². The maximum atomic E-state index is 6.05. The molecule has 0 aliphatic carbocycles. The van der Waals surface area contributed by atoms with Gasteiger partial charge in [-0.25, -0.2) is 0 Å². The Labute approximate surface area is 202 Å². The number of nitrogens with one attached hydrogen (secondary N) is 1. The van der Waals surface area contributed by atoms with Gasteiger partial charge in [0.1, 0.15) is 5.82 Å². The third-order valence-corrected chi connectivity index (χ3v) is 6.24. The topological polar surface area (TPSA) is 24.5 Å². The minimum absolute atomic E-state index is 0.767. The summed E-state index contributed by atoms with van der Waals surface area (Å²) in [5, 5.41) is 3.52. The fourth-order valence-corrected chi connectivity index (χ4v) is 4.02. The van der Waals surface area contributed by atoms with Crippen LogP contribution in [0.5, 0.6) is 0 Å². The molecule has 32 heavy (non-hydrogen) atoms. The lowest BCUT2D eigenvalue weighted by Gasteiger charge is -2.29. The summed E-state index contributed by atoms with van der Waals surface area (Å²) in [5.41, 5.74) is 0. The molecule has 0 aliphatic heterocycles. The summed E-state index contributed by atoms with van der Waals surface area (Å²) in [6.07, 6.45) is 24.8. The molecular formula is C29H58N2O. The second-order valence-corrected chi connectivity index (χ2v) is 9.42. The van der Waals surface area contributed by atoms with Gasteiger partial charge in [-0.1, -0.05) is 130 Å². The predicted molar refractivity (Wildman–Crippen MR) is 144 cm³/mol. The second kappa shape index (κ2) is 24.5. The zero-order valence-corrected chi connectivity index (χ0v) is 22.3. The lowest BCUT2D eigenvalue weighted by Crippen LogP contribution is -2.32. The largest absolute Gasteiger partial charge is 0.479 e. The first-order valence-corrected chi connectivity index (χ1v) is 14.2. The summed E-state index contributed by atoms with van der Waals surface area (Å²) < 4.78 is 6.05. The Morgan fingerprint density at radius 3 is 1.56 bits per heavy atom. The molecule has 0 atom stereocenters. The van der Waals surface area contributed by atoms with Crippen molar-refractivity contribution in [3.63, 3.8) is 0 Å². The highest BCUT2D eigenvalue weighted by molar-refractivity contribution is 5.01. The summed E-state index contributed by atoms with van der Waals surface area (Å²) >= 11 is 0. The number of unbranched alkanes of at least 4 members (excludes halogenated alkanes) is 16. The highest BCUT2D eigenvalue weighted by atomic mass is 16.5. The van der Waals surface area contributed by atoms with Gasteiger partial charge in [0.05, 0.1) is 6.61 Å². The van der Waals surface area contributed by atoms with Crippen molar-refractivity contribution in [1.29, 1.82) is 0 Å². The van der Waals surface area contributed by atoms with Gasteiger partial charge in [0.2, 0.25) is 0 Å². The molecule has 1 N–H and O–H groups in total. The number of nitrogens with zero attached hydrogens (tertiary/aromatic N) is 1. The van der Waals surface area contributed by atoms with E-state index < -0.39 is 0 Å². The van der Waals surface area contributed by atoms with E-state index in [0.717, 1.165) is 44.2 Å². The molecular weight excluding hydrogens is 392 g/mol. The summed E-state index contributed by atoms with van der Waals surface area (Å²) in [6.45, 7) is 18.0. The summed E-state index contributed by atoms with van der Waals surface area (Å²) in [5.74, 6) is 1.72. The van der Waals surface area contributed by atoms with Crippen LogP contribution in [0.25, 0.3) is 0 Å². The van der Waals surface area contributed by atoms with Gasteiger partial charge < -0.3 is 15.0 Å². The van der Waals surface area contributed by atoms with Crippen molar-refractivity contribution in [1.82, 2.24) is 10.2 Å². The molecule has 0 heterocycles. The molecule has 0 aliphatic rings. The van der Waals surface area contributed by atoms with E-state index in [0.29, 0.717) is 0 Å². The van der Waals surface area contributed by atoms with E-state index in [-0.39, 0.29) is 0 Å². The molecule has 0 aromatic carbocycles. The fourth-order valence-electron chi connectivity index (χ4n) is 4.02. The molecule has 3 heteroatoms. The van der Waals surface area contributed by atoms with Crippen molar-refractivity contribution in [2.75, 3.05) is 19.7 Å². The molecule has 3 nitrogen and oxygen atoms in total. The Hall–Kier alpha value is -1.12. The molecule has 0 aromatic heterocycles. The Morgan fingerprint density at radius 2 is 1.03 bits per heavy atom. The summed E-state index contributed by atoms with van der Waals surface area (Å²) in [7, 11) is 0. The van der Waals surface area contributed by atoms with Crippen LogP contribution in [0.1, 0.15) is 143 Å². The molecule has 190 valence electrons. The lowest BCUT2D eigenvalue weighted by molar-refractivity contribution is 0.124. The van der Waals surface area contributed by atoms with Crippen LogP contribution in [-0.2, 0) is 4.74 Å². The zero-order valence-electron chi connectivity index (χ0n) is 22.3. The maximum Gasteiger partial charge on any atom is 0.187 e. The van der Waals surface area contributed by atoms with Gasteiger partial charge in [0.15, 0.2) is 5.88 Å². The molecule has 0 rings (SSSR count). The SMILES string of the molecule is C=C(NCCCCCCC)N(CCCCCCC)C(=C)OCCCCCCCCCCC. The number of rotatable bonds is 26. The number of ether oxygens (including phenoxy) is 1. The maximum absolute atomic E-state index is 6.05. The fraction of sp³-hybridized carbons (Fsp3) is 0.862. The minimum Gasteiger partial charge on any atom is -0.479 e. The summed E-state index contributed by atoms with van der Waals surface area (Å²) in [6, 6.07) is 0. The smallest absolute Gasteiger partial charge is 0.187 e. The minimum atomic E-state index is 0.767. The first kappa shape index (κ1) is 30.9. The highest BCUT2D eigenvalue weighted by Crippen LogP contribution is 2.15. The highest BCUT2D eigenvalue weighted by Gasteiger charge is 2.12. The molecule has 0 unspecified atom stereocenters.